The molecule has 0 aromatic heterocycles. The Bertz CT molecular complexity index is 767. The summed E-state index contributed by atoms with van der Waals surface area (Å²) in [5, 5.41) is 11.9. The Labute approximate surface area is 180 Å². The third-order valence-corrected chi connectivity index (χ3v) is 7.57. The summed E-state index contributed by atoms with van der Waals surface area (Å²) in [5.41, 5.74) is 1.65. The summed E-state index contributed by atoms with van der Waals surface area (Å²) in [5.74, 6) is -0.106. The van der Waals surface area contributed by atoms with Gasteiger partial charge in [0, 0.05) is 5.92 Å². The Hall–Kier alpha value is -1.46. The van der Waals surface area contributed by atoms with Crippen LogP contribution < -0.4 is 0 Å². The Balaban J connectivity index is 2.30. The molecule has 0 spiro atoms. The van der Waals surface area contributed by atoms with Gasteiger partial charge in [0.1, 0.15) is 10.5 Å². The molecule has 2 aromatic carbocycles. The molecular weight excluding hydrogens is 376 g/mol. The third kappa shape index (κ3) is 5.37. The third-order valence-electron chi connectivity index (χ3n) is 6.76. The highest BCUT2D eigenvalue weighted by atomic mass is 28.2. The lowest BCUT2D eigenvalue weighted by Gasteiger charge is -2.54. The summed E-state index contributed by atoms with van der Waals surface area (Å²) in [6.07, 6.45) is 0.741. The quantitative estimate of drug-likeness (QED) is 0.624. The molecule has 4 heteroatoms. The molecule has 0 bridgehead atoms. The molecule has 1 N–H and O–H groups in total. The van der Waals surface area contributed by atoms with Crippen LogP contribution in [0, 0.1) is 18.3 Å². The summed E-state index contributed by atoms with van der Waals surface area (Å²) in [6.45, 7) is 13.5. The smallest absolute Gasteiger partial charge is 0.146 e. The van der Waals surface area contributed by atoms with Gasteiger partial charge in [0.05, 0.1) is 24.4 Å². The van der Waals surface area contributed by atoms with Crippen molar-refractivity contribution in [3.63, 3.8) is 0 Å². The van der Waals surface area contributed by atoms with Crippen molar-refractivity contribution in [1.82, 2.24) is 0 Å². The molecule has 0 amide bonds. The molecule has 3 atom stereocenters. The molecule has 29 heavy (non-hydrogen) atoms. The van der Waals surface area contributed by atoms with Crippen LogP contribution in [0.15, 0.2) is 54.6 Å². The van der Waals surface area contributed by atoms with Crippen LogP contribution in [0.25, 0.3) is 0 Å². The van der Waals surface area contributed by atoms with Gasteiger partial charge in [-0.2, -0.15) is 0 Å². The minimum atomic E-state index is -1.06. The molecule has 0 aliphatic carbocycles. The van der Waals surface area contributed by atoms with Gasteiger partial charge in [0.2, 0.25) is 0 Å². The van der Waals surface area contributed by atoms with Crippen molar-refractivity contribution in [3.05, 3.63) is 71.3 Å². The Morgan fingerprint density at radius 1 is 0.931 bits per heavy atom. The van der Waals surface area contributed by atoms with Crippen LogP contribution in [-0.2, 0) is 22.2 Å². The lowest BCUT2D eigenvalue weighted by molar-refractivity contribution is -0.201. The van der Waals surface area contributed by atoms with Crippen LogP contribution >= 0.6 is 0 Å². The Kier molecular flexibility index (Phi) is 7.85. The van der Waals surface area contributed by atoms with Crippen LogP contribution in [0.3, 0.4) is 0 Å². The highest BCUT2D eigenvalue weighted by Gasteiger charge is 2.54. The SMILES string of the molecule is Cc1ccccc1C[C@@H](COCc1ccccc1)[C@@](C)(O)C(C)(O[SiH3])C(C)(C)C. The van der Waals surface area contributed by atoms with Crippen molar-refractivity contribution < 1.29 is 14.3 Å². The van der Waals surface area contributed by atoms with Crippen LogP contribution in [0.4, 0.5) is 0 Å². The van der Waals surface area contributed by atoms with E-state index in [4.69, 9.17) is 9.16 Å². The van der Waals surface area contributed by atoms with Gasteiger partial charge in [-0.1, -0.05) is 75.4 Å². The fourth-order valence-electron chi connectivity index (χ4n) is 4.08. The predicted octanol–water partition coefficient (Wildman–Crippen LogP) is 4.22. The van der Waals surface area contributed by atoms with Crippen molar-refractivity contribution in [1.29, 1.82) is 0 Å². The fraction of sp³-hybridized carbons (Fsp3) is 0.520. The molecule has 3 nitrogen and oxygen atoms in total. The van der Waals surface area contributed by atoms with E-state index < -0.39 is 11.2 Å². The number of benzene rings is 2. The largest absolute Gasteiger partial charge is 0.419 e. The number of hydrogen-bond donors (Lipinski definition) is 1. The summed E-state index contributed by atoms with van der Waals surface area (Å²) in [4.78, 5) is 0. The molecule has 0 aliphatic heterocycles. The van der Waals surface area contributed by atoms with Crippen LogP contribution in [0.1, 0.15) is 51.3 Å². The highest BCUT2D eigenvalue weighted by molar-refractivity contribution is 5.98. The van der Waals surface area contributed by atoms with Crippen molar-refractivity contribution in [2.75, 3.05) is 6.61 Å². The molecule has 0 aliphatic rings. The summed E-state index contributed by atoms with van der Waals surface area (Å²) in [6, 6.07) is 18.6. The molecule has 0 saturated heterocycles. The lowest BCUT2D eigenvalue weighted by atomic mass is 9.63. The van der Waals surface area contributed by atoms with Gasteiger partial charge in [-0.3, -0.25) is 0 Å². The van der Waals surface area contributed by atoms with Gasteiger partial charge < -0.3 is 14.3 Å². The average molecular weight is 415 g/mol. The minimum absolute atomic E-state index is 0.106. The molecule has 160 valence electrons. The molecule has 0 saturated carbocycles. The van der Waals surface area contributed by atoms with E-state index in [0.717, 1.165) is 12.0 Å². The zero-order chi connectivity index (χ0) is 21.7. The Morgan fingerprint density at radius 3 is 2.07 bits per heavy atom. The van der Waals surface area contributed by atoms with Gasteiger partial charge in [0.25, 0.3) is 0 Å². The van der Waals surface area contributed by atoms with Gasteiger partial charge in [-0.05, 0) is 49.3 Å². The molecule has 0 fully saturated rings. The Morgan fingerprint density at radius 2 is 1.52 bits per heavy atom. The second-order valence-electron chi connectivity index (χ2n) is 9.46. The highest BCUT2D eigenvalue weighted by Crippen LogP contribution is 2.45. The van der Waals surface area contributed by atoms with Crippen molar-refractivity contribution in [3.8, 4) is 0 Å². The van der Waals surface area contributed by atoms with Crippen LogP contribution in [-0.4, -0.2) is 33.4 Å². The van der Waals surface area contributed by atoms with E-state index in [1.54, 1.807) is 0 Å². The van der Waals surface area contributed by atoms with E-state index in [2.05, 4.69) is 64.1 Å². The molecule has 0 radical (unpaired) electrons. The van der Waals surface area contributed by atoms with Crippen LogP contribution in [0.5, 0.6) is 0 Å². The maximum absolute atomic E-state index is 11.9. The van der Waals surface area contributed by atoms with E-state index in [0.29, 0.717) is 23.7 Å². The first-order valence-electron chi connectivity index (χ1n) is 10.5. The van der Waals surface area contributed by atoms with Gasteiger partial charge >= 0.3 is 0 Å². The van der Waals surface area contributed by atoms with Crippen molar-refractivity contribution >= 4 is 10.5 Å². The molecule has 2 aromatic rings. The first-order chi connectivity index (χ1) is 13.5. The second-order valence-corrected chi connectivity index (χ2v) is 9.87. The van der Waals surface area contributed by atoms with Crippen molar-refractivity contribution in [2.24, 2.45) is 11.3 Å². The van der Waals surface area contributed by atoms with Crippen LogP contribution in [0.2, 0.25) is 0 Å². The van der Waals surface area contributed by atoms with E-state index >= 15 is 0 Å². The van der Waals surface area contributed by atoms with E-state index in [1.165, 1.54) is 11.1 Å². The lowest BCUT2D eigenvalue weighted by Crippen LogP contribution is -2.64. The second kappa shape index (κ2) is 9.56. The monoisotopic (exact) mass is 414 g/mol. The maximum atomic E-state index is 11.9. The minimum Gasteiger partial charge on any atom is -0.419 e. The summed E-state index contributed by atoms with van der Waals surface area (Å²) in [7, 11) is 0.559. The number of hydrogen-bond acceptors (Lipinski definition) is 3. The average Bonchev–Trinajstić information content (AvgIpc) is 2.67. The first-order valence-corrected chi connectivity index (χ1v) is 11.3. The maximum Gasteiger partial charge on any atom is 0.146 e. The van der Waals surface area contributed by atoms with E-state index in [-0.39, 0.29) is 11.3 Å². The molecule has 0 heterocycles. The number of aliphatic hydroxyl groups is 1. The topological polar surface area (TPSA) is 38.7 Å². The molecule has 2 rings (SSSR count). The van der Waals surface area contributed by atoms with Gasteiger partial charge in [-0.15, -0.1) is 0 Å². The zero-order valence-electron chi connectivity index (χ0n) is 19.2. The number of ether oxygens (including phenoxy) is 1. The summed E-state index contributed by atoms with van der Waals surface area (Å²) < 4.78 is 12.2. The van der Waals surface area contributed by atoms with Gasteiger partial charge in [-0.25, -0.2) is 0 Å². The van der Waals surface area contributed by atoms with E-state index in [1.807, 2.05) is 32.0 Å². The van der Waals surface area contributed by atoms with Crippen molar-refractivity contribution in [2.45, 2.75) is 65.8 Å². The number of rotatable bonds is 9. The van der Waals surface area contributed by atoms with E-state index in [9.17, 15) is 5.11 Å². The normalized spacial score (nSPS) is 17.5. The number of aryl methyl sites for hydroxylation is 1. The molecule has 1 unspecified atom stereocenters. The summed E-state index contributed by atoms with van der Waals surface area (Å²) >= 11 is 0. The standard InChI is InChI=1S/C25H38O3Si/c1-19-12-10-11-15-21(19)16-22(18-27-17-20-13-8-7-9-14-20)24(5,26)25(6,28-29)23(2,3)4/h7-15,22,26H,16-18H2,1-6,29H3/t22-,24+,25?/m0/s1. The first kappa shape index (κ1) is 23.8. The zero-order valence-corrected chi connectivity index (χ0v) is 21.2. The molecular formula is C25H38O3Si. The predicted molar refractivity (Wildman–Crippen MR) is 124 cm³/mol. The fourth-order valence-corrected chi connectivity index (χ4v) is 5.10. The van der Waals surface area contributed by atoms with Gasteiger partial charge in [0.15, 0.2) is 0 Å².